The first-order valence-corrected chi connectivity index (χ1v) is 11.8. The maximum Gasteiger partial charge on any atom is 0.305 e. The van der Waals surface area contributed by atoms with Gasteiger partial charge in [-0.25, -0.2) is 0 Å². The summed E-state index contributed by atoms with van der Waals surface area (Å²) in [5, 5.41) is 27.4. The zero-order valence-electron chi connectivity index (χ0n) is 18.4. The first-order chi connectivity index (χ1) is 16.7. The molecule has 0 bridgehead atoms. The summed E-state index contributed by atoms with van der Waals surface area (Å²) in [5.74, 6) is -1.43. The first kappa shape index (κ1) is 24.5. The van der Waals surface area contributed by atoms with Gasteiger partial charge in [-0.15, -0.1) is 5.10 Å². The highest BCUT2D eigenvalue weighted by atomic mass is 79.9. The third-order valence-corrected chi connectivity index (χ3v) is 6.91. The lowest BCUT2D eigenvalue weighted by atomic mass is 10.1. The van der Waals surface area contributed by atoms with Gasteiger partial charge in [0.1, 0.15) is 32.4 Å². The molecule has 0 radical (unpaired) electrons. The van der Waals surface area contributed by atoms with E-state index in [2.05, 4.69) is 26.1 Å². The van der Waals surface area contributed by atoms with E-state index < -0.39 is 17.1 Å². The van der Waals surface area contributed by atoms with Gasteiger partial charge in [-0.3, -0.25) is 19.3 Å². The number of hydrogen-bond acceptors (Lipinski definition) is 9. The number of carboxylic acids is 1. The van der Waals surface area contributed by atoms with Crippen LogP contribution in [-0.2, 0) is 9.59 Å². The lowest BCUT2D eigenvalue weighted by molar-refractivity contribution is -0.138. The van der Waals surface area contributed by atoms with E-state index in [4.69, 9.17) is 14.3 Å². The standard InChI is InChI=1S/C23H18BrN3O7S/c1-11-8-14(28)17-20(33-2)13(19(31)18(24)21(17)34-11)10-25-26-23-27(12-6-4-3-5-7-12)22(32)15(35-23)9-16(29)30/h3-8,10,15,31H,9H2,1-2H3,(H,29,30)/b25-10+,26-23-. The number of aryl methyl sites for hydroxylation is 1. The van der Waals surface area contributed by atoms with Crippen LogP contribution in [0, 0.1) is 6.92 Å². The zero-order chi connectivity index (χ0) is 25.3. The molecule has 2 aromatic carbocycles. The molecule has 0 aliphatic carbocycles. The highest BCUT2D eigenvalue weighted by molar-refractivity contribution is 9.10. The van der Waals surface area contributed by atoms with E-state index in [0.717, 1.165) is 11.8 Å². The fourth-order valence-electron chi connectivity index (χ4n) is 3.55. The number of carbonyl (C=O) groups is 2. The number of halogens is 1. The summed E-state index contributed by atoms with van der Waals surface area (Å²) in [7, 11) is 1.34. The van der Waals surface area contributed by atoms with Crippen LogP contribution in [0.4, 0.5) is 5.69 Å². The van der Waals surface area contributed by atoms with Gasteiger partial charge in [-0.05, 0) is 35.0 Å². The summed E-state index contributed by atoms with van der Waals surface area (Å²) in [4.78, 5) is 38.0. The Balaban J connectivity index is 1.79. The van der Waals surface area contributed by atoms with Crippen LogP contribution in [0.2, 0.25) is 0 Å². The van der Waals surface area contributed by atoms with E-state index >= 15 is 0 Å². The molecule has 1 atom stereocenters. The van der Waals surface area contributed by atoms with Crippen LogP contribution in [0.1, 0.15) is 17.7 Å². The minimum Gasteiger partial charge on any atom is -0.506 e. The number of carboxylic acid groups (broad SMARTS) is 1. The van der Waals surface area contributed by atoms with Crippen molar-refractivity contribution in [1.29, 1.82) is 0 Å². The van der Waals surface area contributed by atoms with Crippen LogP contribution < -0.4 is 15.1 Å². The number of aliphatic carboxylic acids is 1. The van der Waals surface area contributed by atoms with Gasteiger partial charge in [-0.2, -0.15) is 5.10 Å². The summed E-state index contributed by atoms with van der Waals surface area (Å²) in [6, 6.07) is 9.94. The number of fused-ring (bicyclic) bond motifs is 1. The second-order valence-electron chi connectivity index (χ2n) is 7.38. The van der Waals surface area contributed by atoms with Gasteiger partial charge in [-0.1, -0.05) is 30.0 Å². The Kier molecular flexibility index (Phi) is 6.94. The molecule has 0 saturated carbocycles. The predicted molar refractivity (Wildman–Crippen MR) is 136 cm³/mol. The Morgan fingerprint density at radius 3 is 2.69 bits per heavy atom. The molecule has 180 valence electrons. The van der Waals surface area contributed by atoms with E-state index in [-0.39, 0.29) is 49.5 Å². The van der Waals surface area contributed by atoms with Crippen LogP contribution in [0.5, 0.6) is 11.5 Å². The van der Waals surface area contributed by atoms with Crippen LogP contribution in [0.3, 0.4) is 0 Å². The number of nitrogens with zero attached hydrogens (tertiary/aromatic N) is 3. The smallest absolute Gasteiger partial charge is 0.305 e. The van der Waals surface area contributed by atoms with Gasteiger partial charge in [0.15, 0.2) is 16.2 Å². The fraction of sp³-hybridized carbons (Fsp3) is 0.174. The number of rotatable bonds is 6. The monoisotopic (exact) mass is 559 g/mol. The molecule has 0 spiro atoms. The molecule has 1 saturated heterocycles. The maximum absolute atomic E-state index is 12.9. The third kappa shape index (κ3) is 4.66. The molecule has 10 nitrogen and oxygen atoms in total. The molecule has 1 amide bonds. The summed E-state index contributed by atoms with van der Waals surface area (Å²) in [5.41, 5.74) is 0.325. The summed E-state index contributed by atoms with van der Waals surface area (Å²) < 4.78 is 11.1. The van der Waals surface area contributed by atoms with Crippen LogP contribution in [0.15, 0.2) is 60.3 Å². The molecule has 2 N–H and O–H groups in total. The minimum atomic E-state index is -1.11. The van der Waals surface area contributed by atoms with Crippen molar-refractivity contribution in [2.45, 2.75) is 18.6 Å². The number of hydrogen-bond donors (Lipinski definition) is 2. The average Bonchev–Trinajstić information content (AvgIpc) is 3.12. The average molecular weight is 560 g/mol. The normalized spacial score (nSPS) is 17.1. The Bertz CT molecular complexity index is 1450. The van der Waals surface area contributed by atoms with Crippen LogP contribution in [-0.4, -0.2) is 45.8 Å². The molecule has 1 aliphatic heterocycles. The van der Waals surface area contributed by atoms with Crippen molar-refractivity contribution >= 4 is 67.6 Å². The summed E-state index contributed by atoms with van der Waals surface area (Å²) >= 11 is 4.22. The quantitative estimate of drug-likeness (QED) is 0.342. The Hall–Kier alpha value is -3.64. The molecular weight excluding hydrogens is 542 g/mol. The van der Waals surface area contributed by atoms with Gasteiger partial charge in [0.05, 0.1) is 31.0 Å². The van der Waals surface area contributed by atoms with E-state index in [1.165, 1.54) is 24.3 Å². The number of anilines is 1. The lowest BCUT2D eigenvalue weighted by Gasteiger charge is -2.15. The topological polar surface area (TPSA) is 142 Å². The second-order valence-corrected chi connectivity index (χ2v) is 9.34. The molecule has 4 rings (SSSR count). The Morgan fingerprint density at radius 2 is 2.03 bits per heavy atom. The van der Waals surface area contributed by atoms with Gasteiger partial charge >= 0.3 is 5.97 Å². The number of phenolic OH excluding ortho intramolecular Hbond substituents is 1. The van der Waals surface area contributed by atoms with Crippen molar-refractivity contribution in [1.82, 2.24) is 0 Å². The van der Waals surface area contributed by atoms with E-state index in [1.54, 1.807) is 37.3 Å². The van der Waals surface area contributed by atoms with Gasteiger partial charge in [0.2, 0.25) is 5.91 Å². The molecule has 1 aromatic heterocycles. The lowest BCUT2D eigenvalue weighted by Crippen LogP contribution is -2.32. The highest BCUT2D eigenvalue weighted by Gasteiger charge is 2.40. The number of para-hydroxylation sites is 1. The SMILES string of the molecule is COc1c(/C=N/N=C2\SC(CC(=O)O)C(=O)N2c2ccccc2)c(O)c(Br)c2oc(C)cc(=O)c12. The Morgan fingerprint density at radius 1 is 1.31 bits per heavy atom. The molecule has 12 heteroatoms. The zero-order valence-corrected chi connectivity index (χ0v) is 20.8. The van der Waals surface area contributed by atoms with Gasteiger partial charge in [0, 0.05) is 6.07 Å². The molecule has 1 unspecified atom stereocenters. The van der Waals surface area contributed by atoms with E-state index in [9.17, 15) is 19.5 Å². The highest BCUT2D eigenvalue weighted by Crippen LogP contribution is 2.41. The number of aromatic hydroxyl groups is 1. The van der Waals surface area contributed by atoms with E-state index in [0.29, 0.717) is 11.4 Å². The van der Waals surface area contributed by atoms with Crippen molar-refractivity contribution in [2.24, 2.45) is 10.2 Å². The van der Waals surface area contributed by atoms with Crippen LogP contribution >= 0.6 is 27.7 Å². The third-order valence-electron chi connectivity index (χ3n) is 5.05. The van der Waals surface area contributed by atoms with Crippen molar-refractivity contribution in [3.05, 3.63) is 62.4 Å². The Labute approximate surface area is 211 Å². The minimum absolute atomic E-state index is 0.0391. The first-order valence-electron chi connectivity index (χ1n) is 10.1. The fourth-order valence-corrected chi connectivity index (χ4v) is 5.13. The van der Waals surface area contributed by atoms with Crippen molar-refractivity contribution in [3.8, 4) is 11.5 Å². The number of amidine groups is 1. The van der Waals surface area contributed by atoms with Gasteiger partial charge in [0.25, 0.3) is 0 Å². The molecule has 1 fully saturated rings. The summed E-state index contributed by atoms with van der Waals surface area (Å²) in [6.45, 7) is 1.61. The van der Waals surface area contributed by atoms with Crippen molar-refractivity contribution in [3.63, 3.8) is 0 Å². The number of carbonyl (C=O) groups excluding carboxylic acids is 1. The predicted octanol–water partition coefficient (Wildman–Crippen LogP) is 3.89. The largest absolute Gasteiger partial charge is 0.506 e. The molecule has 35 heavy (non-hydrogen) atoms. The van der Waals surface area contributed by atoms with Crippen molar-refractivity contribution < 1.29 is 29.0 Å². The molecular formula is C23H18BrN3O7S. The van der Waals surface area contributed by atoms with E-state index in [1.807, 2.05) is 0 Å². The second kappa shape index (κ2) is 9.92. The number of benzene rings is 2. The van der Waals surface area contributed by atoms with Crippen LogP contribution in [0.25, 0.3) is 11.0 Å². The maximum atomic E-state index is 12.9. The summed E-state index contributed by atoms with van der Waals surface area (Å²) in [6.07, 6.45) is 0.806. The van der Waals surface area contributed by atoms with Crippen molar-refractivity contribution in [2.75, 3.05) is 12.0 Å². The van der Waals surface area contributed by atoms with Gasteiger partial charge < -0.3 is 19.4 Å². The number of methoxy groups -OCH3 is 1. The number of amides is 1. The molecule has 2 heterocycles. The molecule has 1 aliphatic rings. The number of ether oxygens (including phenoxy) is 1. The number of thioether (sulfide) groups is 1. The number of phenols is 1. The molecule has 3 aromatic rings.